The van der Waals surface area contributed by atoms with Crippen molar-refractivity contribution < 1.29 is 14.7 Å². The van der Waals surface area contributed by atoms with Crippen LogP contribution < -0.4 is 0 Å². The van der Waals surface area contributed by atoms with Crippen LogP contribution in [-0.2, 0) is 4.79 Å². The highest BCUT2D eigenvalue weighted by atomic mass is 79.9. The highest BCUT2D eigenvalue weighted by molar-refractivity contribution is 9.10. The molecule has 7 heteroatoms. The molecule has 0 spiro atoms. The largest absolute Gasteiger partial charge is 0.481 e. The van der Waals surface area contributed by atoms with E-state index in [-0.39, 0.29) is 12.5 Å². The SMILES string of the molecule is CC1(C(=O)O)CCCN(C(=O)c2cn(-c3ccc(Br)cc3)cn2)C1. The molecule has 1 aliphatic heterocycles. The van der Waals surface area contributed by atoms with Crippen molar-refractivity contribution in [2.75, 3.05) is 13.1 Å². The van der Waals surface area contributed by atoms with Crippen molar-refractivity contribution in [2.45, 2.75) is 19.8 Å². The quantitative estimate of drug-likeness (QED) is 0.872. The first-order chi connectivity index (χ1) is 11.4. The van der Waals surface area contributed by atoms with E-state index in [0.717, 1.165) is 10.2 Å². The Morgan fingerprint density at radius 3 is 2.67 bits per heavy atom. The Bertz CT molecular complexity index is 772. The minimum atomic E-state index is -0.887. The number of nitrogens with zero attached hydrogens (tertiary/aromatic N) is 3. The fourth-order valence-electron chi connectivity index (χ4n) is 2.94. The minimum Gasteiger partial charge on any atom is -0.481 e. The van der Waals surface area contributed by atoms with Gasteiger partial charge in [-0.05, 0) is 44.0 Å². The van der Waals surface area contributed by atoms with Crippen LogP contribution in [0, 0.1) is 5.41 Å². The van der Waals surface area contributed by atoms with Crippen molar-refractivity contribution in [3.05, 3.63) is 47.0 Å². The number of aromatic nitrogens is 2. The Kier molecular flexibility index (Phi) is 4.45. The highest BCUT2D eigenvalue weighted by Gasteiger charge is 2.39. The molecule has 0 bridgehead atoms. The van der Waals surface area contributed by atoms with Gasteiger partial charge in [0.15, 0.2) is 0 Å². The van der Waals surface area contributed by atoms with Gasteiger partial charge in [0.1, 0.15) is 12.0 Å². The number of likely N-dealkylation sites (tertiary alicyclic amines) is 1. The molecule has 1 amide bonds. The van der Waals surface area contributed by atoms with Gasteiger partial charge in [0.2, 0.25) is 0 Å². The van der Waals surface area contributed by atoms with E-state index < -0.39 is 11.4 Å². The van der Waals surface area contributed by atoms with Crippen molar-refractivity contribution in [1.82, 2.24) is 14.5 Å². The Morgan fingerprint density at radius 1 is 1.29 bits per heavy atom. The Hall–Kier alpha value is -2.15. The van der Waals surface area contributed by atoms with Crippen LogP contribution in [0.1, 0.15) is 30.3 Å². The smallest absolute Gasteiger partial charge is 0.311 e. The number of imidazole rings is 1. The molecule has 1 N–H and O–H groups in total. The third kappa shape index (κ3) is 3.21. The maximum atomic E-state index is 12.7. The monoisotopic (exact) mass is 391 g/mol. The van der Waals surface area contributed by atoms with Gasteiger partial charge in [-0.2, -0.15) is 0 Å². The summed E-state index contributed by atoms with van der Waals surface area (Å²) in [5.74, 6) is -1.08. The van der Waals surface area contributed by atoms with E-state index in [1.54, 1.807) is 28.9 Å². The molecule has 1 aromatic carbocycles. The third-order valence-corrected chi connectivity index (χ3v) is 4.96. The molecule has 0 radical (unpaired) electrons. The third-order valence-electron chi connectivity index (χ3n) is 4.43. The van der Waals surface area contributed by atoms with Crippen molar-refractivity contribution in [1.29, 1.82) is 0 Å². The van der Waals surface area contributed by atoms with Crippen LogP contribution in [-0.4, -0.2) is 44.5 Å². The number of piperidine rings is 1. The van der Waals surface area contributed by atoms with Gasteiger partial charge in [-0.3, -0.25) is 9.59 Å². The number of hydrogen-bond acceptors (Lipinski definition) is 3. The first-order valence-corrected chi connectivity index (χ1v) is 8.51. The standard InChI is InChI=1S/C17H18BrN3O3/c1-17(16(23)24)7-2-8-20(10-17)15(22)14-9-21(11-19-14)13-5-3-12(18)4-6-13/h3-6,9,11H,2,7-8,10H2,1H3,(H,23,24). The van der Waals surface area contributed by atoms with Crippen LogP contribution in [0.2, 0.25) is 0 Å². The molecule has 1 aliphatic rings. The number of hydrogen-bond donors (Lipinski definition) is 1. The molecule has 1 fully saturated rings. The number of benzene rings is 1. The second kappa shape index (κ2) is 6.39. The molecule has 126 valence electrons. The van der Waals surface area contributed by atoms with Crippen LogP contribution in [0.4, 0.5) is 0 Å². The molecule has 0 aliphatic carbocycles. The Morgan fingerprint density at radius 2 is 2.00 bits per heavy atom. The fraction of sp³-hybridized carbons (Fsp3) is 0.353. The zero-order valence-corrected chi connectivity index (χ0v) is 14.9. The van der Waals surface area contributed by atoms with Gasteiger partial charge < -0.3 is 14.6 Å². The minimum absolute atomic E-state index is 0.215. The topological polar surface area (TPSA) is 75.4 Å². The average molecular weight is 392 g/mol. The number of halogens is 1. The number of carboxylic acid groups (broad SMARTS) is 1. The maximum Gasteiger partial charge on any atom is 0.311 e. The lowest BCUT2D eigenvalue weighted by Gasteiger charge is -2.37. The van der Waals surface area contributed by atoms with Gasteiger partial charge in [0.05, 0.1) is 5.41 Å². The second-order valence-electron chi connectivity index (χ2n) is 6.34. The number of rotatable bonds is 3. The molecule has 1 atom stereocenters. The summed E-state index contributed by atoms with van der Waals surface area (Å²) in [5, 5.41) is 9.38. The normalized spacial score (nSPS) is 20.8. The van der Waals surface area contributed by atoms with E-state index in [2.05, 4.69) is 20.9 Å². The lowest BCUT2D eigenvalue weighted by Crippen LogP contribution is -2.48. The lowest BCUT2D eigenvalue weighted by molar-refractivity contribution is -0.150. The molecule has 6 nitrogen and oxygen atoms in total. The van der Waals surface area contributed by atoms with E-state index in [1.807, 2.05) is 24.3 Å². The highest BCUT2D eigenvalue weighted by Crippen LogP contribution is 2.30. The van der Waals surface area contributed by atoms with Crippen LogP contribution in [0.3, 0.4) is 0 Å². The molecule has 24 heavy (non-hydrogen) atoms. The number of carbonyl (C=O) groups excluding carboxylic acids is 1. The van der Waals surface area contributed by atoms with Crippen molar-refractivity contribution in [3.63, 3.8) is 0 Å². The summed E-state index contributed by atoms with van der Waals surface area (Å²) < 4.78 is 2.75. The van der Waals surface area contributed by atoms with Gasteiger partial charge in [0.25, 0.3) is 5.91 Å². The van der Waals surface area contributed by atoms with Gasteiger partial charge in [-0.1, -0.05) is 15.9 Å². The molecular weight excluding hydrogens is 374 g/mol. The first kappa shape index (κ1) is 16.7. The summed E-state index contributed by atoms with van der Waals surface area (Å²) in [4.78, 5) is 29.9. The summed E-state index contributed by atoms with van der Waals surface area (Å²) in [7, 11) is 0. The fourth-order valence-corrected chi connectivity index (χ4v) is 3.20. The maximum absolute atomic E-state index is 12.7. The zero-order valence-electron chi connectivity index (χ0n) is 13.3. The summed E-state index contributed by atoms with van der Waals surface area (Å²) in [5.41, 5.74) is 0.341. The molecule has 2 heterocycles. The van der Waals surface area contributed by atoms with Crippen molar-refractivity contribution >= 4 is 27.8 Å². The molecule has 0 saturated carbocycles. The Balaban J connectivity index is 1.78. The van der Waals surface area contributed by atoms with Crippen LogP contribution >= 0.6 is 15.9 Å². The first-order valence-electron chi connectivity index (χ1n) is 7.72. The van der Waals surface area contributed by atoms with Crippen LogP contribution in [0.5, 0.6) is 0 Å². The van der Waals surface area contributed by atoms with Crippen LogP contribution in [0.25, 0.3) is 5.69 Å². The number of carbonyl (C=O) groups is 2. The summed E-state index contributed by atoms with van der Waals surface area (Å²) in [6.45, 7) is 2.47. The number of carboxylic acids is 1. The lowest BCUT2D eigenvalue weighted by atomic mass is 9.82. The number of amides is 1. The molecular formula is C17H18BrN3O3. The second-order valence-corrected chi connectivity index (χ2v) is 7.25. The van der Waals surface area contributed by atoms with Gasteiger partial charge in [0, 0.05) is 29.4 Å². The molecule has 1 aromatic heterocycles. The predicted molar refractivity (Wildman–Crippen MR) is 92.1 cm³/mol. The Labute approximate surface area is 148 Å². The van der Waals surface area contributed by atoms with E-state index in [4.69, 9.17) is 0 Å². The summed E-state index contributed by atoms with van der Waals surface area (Å²) in [6.07, 6.45) is 4.54. The van der Waals surface area contributed by atoms with E-state index in [9.17, 15) is 14.7 Å². The van der Waals surface area contributed by atoms with Crippen molar-refractivity contribution in [3.8, 4) is 5.69 Å². The van der Waals surface area contributed by atoms with E-state index in [0.29, 0.717) is 25.1 Å². The molecule has 3 rings (SSSR count). The van der Waals surface area contributed by atoms with Gasteiger partial charge >= 0.3 is 5.97 Å². The summed E-state index contributed by atoms with van der Waals surface area (Å²) in [6, 6.07) is 7.67. The van der Waals surface area contributed by atoms with Gasteiger partial charge in [-0.15, -0.1) is 0 Å². The van der Waals surface area contributed by atoms with Gasteiger partial charge in [-0.25, -0.2) is 4.98 Å². The molecule has 1 unspecified atom stereocenters. The predicted octanol–water partition coefficient (Wildman–Crippen LogP) is 2.96. The zero-order chi connectivity index (χ0) is 17.3. The molecule has 2 aromatic rings. The van der Waals surface area contributed by atoms with Crippen molar-refractivity contribution in [2.24, 2.45) is 5.41 Å². The average Bonchev–Trinajstić information content (AvgIpc) is 3.04. The molecule has 1 saturated heterocycles. The summed E-state index contributed by atoms with van der Waals surface area (Å²) >= 11 is 3.39. The van der Waals surface area contributed by atoms with E-state index >= 15 is 0 Å². The number of aliphatic carboxylic acids is 1. The van der Waals surface area contributed by atoms with Crippen LogP contribution in [0.15, 0.2) is 41.3 Å². The van der Waals surface area contributed by atoms with E-state index in [1.165, 1.54) is 0 Å².